The Morgan fingerprint density at radius 3 is 2.70 bits per heavy atom. The summed E-state index contributed by atoms with van der Waals surface area (Å²) in [7, 11) is 0. The fraction of sp³-hybridized carbons (Fsp3) is 0.208. The van der Waals surface area contributed by atoms with Crippen molar-refractivity contribution in [1.29, 1.82) is 0 Å². The fourth-order valence-electron chi connectivity index (χ4n) is 3.32. The van der Waals surface area contributed by atoms with Crippen molar-refractivity contribution in [2.45, 2.75) is 13.0 Å². The lowest BCUT2D eigenvalue weighted by Gasteiger charge is -2.14. The maximum absolute atomic E-state index is 10.5. The predicted octanol–water partition coefficient (Wildman–Crippen LogP) is 4.32. The van der Waals surface area contributed by atoms with Crippen LogP contribution in [0.2, 0.25) is 0 Å². The van der Waals surface area contributed by atoms with Crippen LogP contribution in [0.25, 0.3) is 10.9 Å². The zero-order valence-electron chi connectivity index (χ0n) is 16.9. The van der Waals surface area contributed by atoms with Gasteiger partial charge < -0.3 is 20.5 Å². The van der Waals surface area contributed by atoms with Gasteiger partial charge in [0.2, 0.25) is 0 Å². The first-order valence-corrected chi connectivity index (χ1v) is 10.1. The second-order valence-electron chi connectivity index (χ2n) is 7.21. The molecule has 1 aromatic heterocycles. The van der Waals surface area contributed by atoms with E-state index in [1.54, 1.807) is 0 Å². The van der Waals surface area contributed by atoms with Crippen LogP contribution < -0.4 is 15.4 Å². The van der Waals surface area contributed by atoms with Crippen LogP contribution >= 0.6 is 0 Å². The van der Waals surface area contributed by atoms with E-state index in [2.05, 4.69) is 20.8 Å². The summed E-state index contributed by atoms with van der Waals surface area (Å²) >= 11 is 0. The number of hydrogen-bond donors (Lipinski definition) is 4. The number of nitrogens with one attached hydrogen (secondary N) is 3. The number of aliphatic hydroxyl groups excluding tert-OH is 1. The van der Waals surface area contributed by atoms with Crippen LogP contribution in [0, 0.1) is 6.92 Å². The fourth-order valence-corrected chi connectivity index (χ4v) is 3.32. The number of nitrogens with zero attached hydrogens (tertiary/aromatic N) is 1. The molecule has 0 aliphatic heterocycles. The topological polar surface area (TPSA) is 82.2 Å². The third kappa shape index (κ3) is 4.97. The maximum Gasteiger partial charge on any atom is 0.121 e. The number of H-pyrrole nitrogens is 1. The van der Waals surface area contributed by atoms with Gasteiger partial charge in [-0.15, -0.1) is 0 Å². The normalized spacial score (nSPS) is 12.1. The highest BCUT2D eigenvalue weighted by atomic mass is 16.5. The van der Waals surface area contributed by atoms with E-state index in [-0.39, 0.29) is 0 Å². The SMILES string of the molecule is Cc1[nH]nc2cc(OCCNC[C@H](O)c3cccc(Nc4ccccc4)c3)ccc12. The second-order valence-corrected chi connectivity index (χ2v) is 7.21. The summed E-state index contributed by atoms with van der Waals surface area (Å²) in [5, 5.41) is 25.4. The number of aromatic nitrogens is 2. The van der Waals surface area contributed by atoms with Crippen molar-refractivity contribution in [1.82, 2.24) is 15.5 Å². The van der Waals surface area contributed by atoms with Crippen LogP contribution in [0.4, 0.5) is 11.4 Å². The highest BCUT2D eigenvalue weighted by molar-refractivity contribution is 5.82. The minimum absolute atomic E-state index is 0.454. The van der Waals surface area contributed by atoms with Gasteiger partial charge in [-0.05, 0) is 48.9 Å². The van der Waals surface area contributed by atoms with Crippen LogP contribution in [-0.2, 0) is 0 Å². The molecule has 0 saturated heterocycles. The van der Waals surface area contributed by atoms with Crippen molar-refractivity contribution < 1.29 is 9.84 Å². The third-order valence-electron chi connectivity index (χ3n) is 4.94. The molecule has 4 aromatic rings. The molecule has 0 aliphatic carbocycles. The quantitative estimate of drug-likeness (QED) is 0.314. The summed E-state index contributed by atoms with van der Waals surface area (Å²) in [6.45, 7) is 3.60. The maximum atomic E-state index is 10.5. The van der Waals surface area contributed by atoms with Crippen LogP contribution in [0.5, 0.6) is 5.75 Å². The first-order chi connectivity index (χ1) is 14.7. The summed E-state index contributed by atoms with van der Waals surface area (Å²) < 4.78 is 5.79. The van der Waals surface area contributed by atoms with E-state index in [1.165, 1.54) is 0 Å². The molecule has 0 amide bonds. The largest absolute Gasteiger partial charge is 0.492 e. The molecule has 3 aromatic carbocycles. The Morgan fingerprint density at radius 1 is 1.00 bits per heavy atom. The van der Waals surface area contributed by atoms with E-state index in [0.717, 1.165) is 39.3 Å². The summed E-state index contributed by atoms with van der Waals surface area (Å²) in [6.07, 6.45) is -0.592. The van der Waals surface area contributed by atoms with Crippen LogP contribution in [0.3, 0.4) is 0 Å². The molecule has 1 atom stereocenters. The van der Waals surface area contributed by atoms with Crippen LogP contribution in [-0.4, -0.2) is 35.0 Å². The number of fused-ring (bicyclic) bond motifs is 1. The summed E-state index contributed by atoms with van der Waals surface area (Å²) in [4.78, 5) is 0. The van der Waals surface area contributed by atoms with E-state index in [9.17, 15) is 5.11 Å². The number of aryl methyl sites for hydroxylation is 1. The van der Waals surface area contributed by atoms with Crippen molar-refractivity contribution >= 4 is 22.3 Å². The van der Waals surface area contributed by atoms with Gasteiger partial charge in [-0.2, -0.15) is 5.10 Å². The van der Waals surface area contributed by atoms with Gasteiger partial charge in [0.15, 0.2) is 0 Å². The molecule has 0 spiro atoms. The standard InChI is InChI=1S/C24H26N4O2/c1-17-22-11-10-21(15-23(22)28-27-17)30-13-12-25-16-24(29)18-6-5-9-20(14-18)26-19-7-3-2-4-8-19/h2-11,14-15,24-26,29H,12-13,16H2,1H3,(H,27,28)/t24-/m0/s1. The number of benzene rings is 3. The molecule has 4 N–H and O–H groups in total. The van der Waals surface area contributed by atoms with Crippen molar-refractivity contribution in [3.05, 3.63) is 84.1 Å². The molecule has 0 radical (unpaired) electrons. The van der Waals surface area contributed by atoms with Gasteiger partial charge in [-0.3, -0.25) is 5.10 Å². The van der Waals surface area contributed by atoms with Crippen molar-refractivity contribution in [2.75, 3.05) is 25.0 Å². The molecule has 0 unspecified atom stereocenters. The molecule has 4 rings (SSSR count). The Bertz CT molecular complexity index is 1090. The number of ether oxygens (including phenoxy) is 1. The van der Waals surface area contributed by atoms with Gasteiger partial charge in [0.05, 0.1) is 11.6 Å². The van der Waals surface area contributed by atoms with Gasteiger partial charge >= 0.3 is 0 Å². The lowest BCUT2D eigenvalue weighted by Crippen LogP contribution is -2.26. The summed E-state index contributed by atoms with van der Waals surface area (Å²) in [5.41, 5.74) is 4.78. The second kappa shape index (κ2) is 9.43. The Hall–Kier alpha value is -3.35. The zero-order chi connectivity index (χ0) is 20.8. The predicted molar refractivity (Wildman–Crippen MR) is 120 cm³/mol. The minimum atomic E-state index is -0.592. The van der Waals surface area contributed by atoms with E-state index in [1.807, 2.05) is 79.7 Å². The molecule has 30 heavy (non-hydrogen) atoms. The number of para-hydroxylation sites is 1. The molecule has 0 fully saturated rings. The number of aromatic amines is 1. The Kier molecular flexibility index (Phi) is 6.27. The van der Waals surface area contributed by atoms with Crippen molar-refractivity contribution in [3.63, 3.8) is 0 Å². The molecule has 0 aliphatic rings. The van der Waals surface area contributed by atoms with Crippen molar-refractivity contribution in [2.24, 2.45) is 0 Å². The Balaban J connectivity index is 1.23. The molecular weight excluding hydrogens is 376 g/mol. The first kappa shape index (κ1) is 19.9. The van der Waals surface area contributed by atoms with Crippen LogP contribution in [0.1, 0.15) is 17.4 Å². The molecule has 6 nitrogen and oxygen atoms in total. The van der Waals surface area contributed by atoms with E-state index >= 15 is 0 Å². The van der Waals surface area contributed by atoms with E-state index in [0.29, 0.717) is 19.7 Å². The molecular formula is C24H26N4O2. The van der Waals surface area contributed by atoms with Gasteiger partial charge in [-0.1, -0.05) is 30.3 Å². The Morgan fingerprint density at radius 2 is 1.83 bits per heavy atom. The number of aliphatic hydroxyl groups is 1. The lowest BCUT2D eigenvalue weighted by molar-refractivity contribution is 0.172. The number of anilines is 2. The molecule has 0 saturated carbocycles. The Labute approximate surface area is 175 Å². The molecule has 0 bridgehead atoms. The molecule has 1 heterocycles. The van der Waals surface area contributed by atoms with Gasteiger partial charge in [0.25, 0.3) is 0 Å². The molecule has 154 valence electrons. The molecule has 6 heteroatoms. The summed E-state index contributed by atoms with van der Waals surface area (Å²) in [5.74, 6) is 0.788. The van der Waals surface area contributed by atoms with Gasteiger partial charge in [0.1, 0.15) is 12.4 Å². The third-order valence-corrected chi connectivity index (χ3v) is 4.94. The first-order valence-electron chi connectivity index (χ1n) is 10.1. The minimum Gasteiger partial charge on any atom is -0.492 e. The number of hydrogen-bond acceptors (Lipinski definition) is 5. The highest BCUT2D eigenvalue weighted by Crippen LogP contribution is 2.22. The highest BCUT2D eigenvalue weighted by Gasteiger charge is 2.08. The van der Waals surface area contributed by atoms with Gasteiger partial charge in [-0.25, -0.2) is 0 Å². The van der Waals surface area contributed by atoms with Crippen molar-refractivity contribution in [3.8, 4) is 5.75 Å². The van der Waals surface area contributed by atoms with Gasteiger partial charge in [0, 0.05) is 41.6 Å². The summed E-state index contributed by atoms with van der Waals surface area (Å²) in [6, 6.07) is 23.7. The smallest absolute Gasteiger partial charge is 0.121 e. The van der Waals surface area contributed by atoms with E-state index in [4.69, 9.17) is 4.74 Å². The van der Waals surface area contributed by atoms with E-state index < -0.39 is 6.10 Å². The monoisotopic (exact) mass is 402 g/mol. The van der Waals surface area contributed by atoms with Crippen LogP contribution in [0.15, 0.2) is 72.8 Å². The average molecular weight is 402 g/mol. The zero-order valence-corrected chi connectivity index (χ0v) is 16.9. The number of rotatable bonds is 9. The average Bonchev–Trinajstić information content (AvgIpc) is 3.14. The lowest BCUT2D eigenvalue weighted by atomic mass is 10.1.